The summed E-state index contributed by atoms with van der Waals surface area (Å²) < 4.78 is 0. The van der Waals surface area contributed by atoms with Crippen LogP contribution in [0.2, 0.25) is 0 Å². The molecule has 0 radical (unpaired) electrons. The Balaban J connectivity index is 2.22. The number of rotatable bonds is 5. The smallest absolute Gasteiger partial charge is 0.115 e. The van der Waals surface area contributed by atoms with Gasteiger partial charge in [0.15, 0.2) is 0 Å². The second-order valence-corrected chi connectivity index (χ2v) is 5.63. The van der Waals surface area contributed by atoms with E-state index in [9.17, 15) is 5.11 Å². The highest BCUT2D eigenvalue weighted by Gasteiger charge is 2.03. The third-order valence-corrected chi connectivity index (χ3v) is 3.07. The average molecular weight is 282 g/mol. The normalized spacial score (nSPS) is 11.7. The van der Waals surface area contributed by atoms with E-state index in [1.807, 2.05) is 36.4 Å². The van der Waals surface area contributed by atoms with Crippen molar-refractivity contribution in [1.82, 2.24) is 0 Å². The van der Waals surface area contributed by atoms with E-state index in [0.29, 0.717) is 5.92 Å². The average Bonchev–Trinajstić information content (AvgIpc) is 2.42. The number of hydrogen-bond acceptors (Lipinski definition) is 3. The van der Waals surface area contributed by atoms with Gasteiger partial charge in [-0.05, 0) is 55.7 Å². The topological polar surface area (TPSA) is 44.6 Å². The maximum Gasteiger partial charge on any atom is 0.115 e. The van der Waals surface area contributed by atoms with Crippen LogP contribution in [0.3, 0.4) is 0 Å². The molecule has 0 heterocycles. The lowest BCUT2D eigenvalue weighted by atomic mass is 10.1. The summed E-state index contributed by atoms with van der Waals surface area (Å²) in [5.41, 5.74) is 3.96. The minimum Gasteiger partial charge on any atom is -0.508 e. The van der Waals surface area contributed by atoms with Gasteiger partial charge >= 0.3 is 0 Å². The summed E-state index contributed by atoms with van der Waals surface area (Å²) >= 11 is 0. The Morgan fingerprint density at radius 2 is 1.76 bits per heavy atom. The standard InChI is InChI=1S/C18H22N2O/c1-13(2)12-14(3)19-17-6-4-5-7-18(17)20-15-8-10-16(21)11-9-15/h4-11,13,20-21H,12H2,1-3H3. The monoisotopic (exact) mass is 282 g/mol. The lowest BCUT2D eigenvalue weighted by molar-refractivity contribution is 0.475. The van der Waals surface area contributed by atoms with Gasteiger partial charge in [-0.3, -0.25) is 4.99 Å². The molecule has 0 bridgehead atoms. The summed E-state index contributed by atoms with van der Waals surface area (Å²) in [5.74, 6) is 0.866. The van der Waals surface area contributed by atoms with Crippen LogP contribution in [-0.2, 0) is 0 Å². The van der Waals surface area contributed by atoms with Gasteiger partial charge < -0.3 is 10.4 Å². The van der Waals surface area contributed by atoms with Crippen molar-refractivity contribution in [3.05, 3.63) is 48.5 Å². The predicted octanol–water partition coefficient (Wildman–Crippen LogP) is 5.27. The van der Waals surface area contributed by atoms with Gasteiger partial charge in [0, 0.05) is 11.4 Å². The molecule has 2 aromatic rings. The number of aromatic hydroxyl groups is 1. The van der Waals surface area contributed by atoms with E-state index >= 15 is 0 Å². The van der Waals surface area contributed by atoms with Crippen molar-refractivity contribution in [3.63, 3.8) is 0 Å². The van der Waals surface area contributed by atoms with E-state index in [1.165, 1.54) is 0 Å². The van der Waals surface area contributed by atoms with Crippen LogP contribution in [0.5, 0.6) is 5.75 Å². The largest absolute Gasteiger partial charge is 0.508 e. The van der Waals surface area contributed by atoms with Crippen molar-refractivity contribution < 1.29 is 5.11 Å². The molecule has 0 saturated heterocycles. The second-order valence-electron chi connectivity index (χ2n) is 5.63. The number of nitrogens with zero attached hydrogens (tertiary/aromatic N) is 1. The van der Waals surface area contributed by atoms with Crippen LogP contribution in [-0.4, -0.2) is 10.8 Å². The Kier molecular flexibility index (Phi) is 4.99. The SMILES string of the molecule is CC(CC(C)C)=Nc1ccccc1Nc1ccc(O)cc1. The Morgan fingerprint density at radius 3 is 2.43 bits per heavy atom. The van der Waals surface area contributed by atoms with Gasteiger partial charge in [0.2, 0.25) is 0 Å². The first kappa shape index (κ1) is 15.1. The Bertz CT molecular complexity index is 615. The zero-order valence-corrected chi connectivity index (χ0v) is 12.8. The van der Waals surface area contributed by atoms with Crippen LogP contribution in [0.15, 0.2) is 53.5 Å². The second kappa shape index (κ2) is 6.93. The van der Waals surface area contributed by atoms with Gasteiger partial charge in [-0.25, -0.2) is 0 Å². The molecule has 0 fully saturated rings. The molecule has 110 valence electrons. The quantitative estimate of drug-likeness (QED) is 0.579. The Hall–Kier alpha value is -2.29. The van der Waals surface area contributed by atoms with Crippen LogP contribution in [0.4, 0.5) is 17.1 Å². The van der Waals surface area contributed by atoms with Crippen molar-refractivity contribution in [3.8, 4) is 5.75 Å². The zero-order valence-electron chi connectivity index (χ0n) is 12.8. The number of nitrogens with one attached hydrogen (secondary N) is 1. The maximum atomic E-state index is 9.33. The number of phenolic OH excluding ortho intramolecular Hbond substituents is 1. The molecule has 0 spiro atoms. The molecular weight excluding hydrogens is 260 g/mol. The highest BCUT2D eigenvalue weighted by atomic mass is 16.3. The molecule has 2 rings (SSSR count). The minimum atomic E-state index is 0.264. The number of hydrogen-bond donors (Lipinski definition) is 2. The van der Waals surface area contributed by atoms with Gasteiger partial charge in [-0.1, -0.05) is 26.0 Å². The summed E-state index contributed by atoms with van der Waals surface area (Å²) in [7, 11) is 0. The number of phenols is 1. The highest BCUT2D eigenvalue weighted by Crippen LogP contribution is 2.29. The van der Waals surface area contributed by atoms with Crippen molar-refractivity contribution in [1.29, 1.82) is 0 Å². The van der Waals surface area contributed by atoms with Crippen LogP contribution < -0.4 is 5.32 Å². The Labute approximate surface area is 126 Å². The van der Waals surface area contributed by atoms with Crippen LogP contribution >= 0.6 is 0 Å². The summed E-state index contributed by atoms with van der Waals surface area (Å²) in [5, 5.41) is 12.7. The van der Waals surface area contributed by atoms with E-state index in [0.717, 1.165) is 29.2 Å². The van der Waals surface area contributed by atoms with E-state index in [4.69, 9.17) is 4.99 Å². The van der Waals surface area contributed by atoms with Crippen molar-refractivity contribution >= 4 is 22.8 Å². The first-order valence-corrected chi connectivity index (χ1v) is 7.24. The molecular formula is C18H22N2O. The number of anilines is 2. The summed E-state index contributed by atoms with van der Waals surface area (Å²) in [6, 6.07) is 15.0. The first-order chi connectivity index (χ1) is 10.0. The van der Waals surface area contributed by atoms with Crippen LogP contribution in [0.25, 0.3) is 0 Å². The molecule has 0 aromatic heterocycles. The predicted molar refractivity (Wildman–Crippen MR) is 90.1 cm³/mol. The highest BCUT2D eigenvalue weighted by molar-refractivity contribution is 5.87. The molecule has 0 atom stereocenters. The van der Waals surface area contributed by atoms with Gasteiger partial charge in [0.1, 0.15) is 5.75 Å². The van der Waals surface area contributed by atoms with Crippen molar-refractivity contribution in [2.75, 3.05) is 5.32 Å². The lowest BCUT2D eigenvalue weighted by Gasteiger charge is -2.11. The Morgan fingerprint density at radius 1 is 1.10 bits per heavy atom. The fraction of sp³-hybridized carbons (Fsp3) is 0.278. The molecule has 2 aromatic carbocycles. The molecule has 21 heavy (non-hydrogen) atoms. The number of aliphatic imine (C=N–C) groups is 1. The molecule has 0 saturated carbocycles. The summed E-state index contributed by atoms with van der Waals surface area (Å²) in [4.78, 5) is 4.72. The van der Waals surface area contributed by atoms with Crippen molar-refractivity contribution in [2.45, 2.75) is 27.2 Å². The van der Waals surface area contributed by atoms with E-state index in [-0.39, 0.29) is 5.75 Å². The maximum absolute atomic E-state index is 9.33. The van der Waals surface area contributed by atoms with Crippen molar-refractivity contribution in [2.24, 2.45) is 10.9 Å². The van der Waals surface area contributed by atoms with Crippen LogP contribution in [0.1, 0.15) is 27.2 Å². The summed E-state index contributed by atoms with van der Waals surface area (Å²) in [6.45, 7) is 6.45. The fourth-order valence-corrected chi connectivity index (χ4v) is 2.22. The number of para-hydroxylation sites is 2. The van der Waals surface area contributed by atoms with Crippen LogP contribution in [0, 0.1) is 5.92 Å². The molecule has 2 N–H and O–H groups in total. The van der Waals surface area contributed by atoms with Gasteiger partial charge in [-0.2, -0.15) is 0 Å². The van der Waals surface area contributed by atoms with Gasteiger partial charge in [0.05, 0.1) is 11.4 Å². The van der Waals surface area contributed by atoms with Gasteiger partial charge in [-0.15, -0.1) is 0 Å². The zero-order chi connectivity index (χ0) is 15.2. The van der Waals surface area contributed by atoms with E-state index < -0.39 is 0 Å². The molecule has 0 aliphatic heterocycles. The first-order valence-electron chi connectivity index (χ1n) is 7.24. The van der Waals surface area contributed by atoms with Gasteiger partial charge in [0.25, 0.3) is 0 Å². The molecule has 0 amide bonds. The molecule has 0 unspecified atom stereocenters. The molecule has 0 aliphatic carbocycles. The minimum absolute atomic E-state index is 0.264. The third-order valence-electron chi connectivity index (χ3n) is 3.07. The van der Waals surface area contributed by atoms with E-state index in [1.54, 1.807) is 12.1 Å². The fourth-order valence-electron chi connectivity index (χ4n) is 2.22. The summed E-state index contributed by atoms with van der Waals surface area (Å²) in [6.07, 6.45) is 0.994. The molecule has 0 aliphatic rings. The lowest BCUT2D eigenvalue weighted by Crippen LogP contribution is -1.98. The third kappa shape index (κ3) is 4.63. The van der Waals surface area contributed by atoms with E-state index in [2.05, 4.69) is 26.1 Å². The number of benzene rings is 2. The molecule has 3 nitrogen and oxygen atoms in total. The molecule has 3 heteroatoms.